The molecule has 9 nitrogen and oxygen atoms in total. The maximum atomic E-state index is 14.9. The highest BCUT2D eigenvalue weighted by Crippen LogP contribution is 2.32. The second-order valence-electron chi connectivity index (χ2n) is 8.48. The minimum absolute atomic E-state index is 0.0694. The van der Waals surface area contributed by atoms with Gasteiger partial charge in [-0.15, -0.1) is 0 Å². The number of urea groups is 1. The number of nitrogens with zero attached hydrogens (tertiary/aromatic N) is 4. The van der Waals surface area contributed by atoms with Crippen molar-refractivity contribution >= 4 is 23.1 Å². The molecule has 5 rings (SSSR count). The fourth-order valence-corrected chi connectivity index (χ4v) is 4.13. The summed E-state index contributed by atoms with van der Waals surface area (Å²) in [4.78, 5) is 44.8. The summed E-state index contributed by atoms with van der Waals surface area (Å²) in [6.45, 7) is -17.2. The van der Waals surface area contributed by atoms with Gasteiger partial charge in [0, 0.05) is 48.6 Å². The van der Waals surface area contributed by atoms with E-state index in [0.717, 1.165) is 24.4 Å². The van der Waals surface area contributed by atoms with Crippen LogP contribution in [0.1, 0.15) is 60.9 Å². The molecule has 0 aliphatic carbocycles. The standard InChI is InChI=1S/C26H27F5N6O3/c27-18-4-1-3-17(21(18)28)15-6-7-19(23(38)36(13-15)14-26(29,30)31)33-24(39)35-11-8-16(9-12-35)37-20-5-2-10-32-22(20)34-25(37)40/h1-5,10,15-16,19H,6-9,11-14H2,(H,33,39)(H,32,34,40)/t15-,19-/m1/s1/i8D2,9D2,11D2,12D2,13D2,14D2,16D. The number of nitrogens with one attached hydrogen (secondary N) is 2. The van der Waals surface area contributed by atoms with Gasteiger partial charge in [0.2, 0.25) is 5.91 Å². The Balaban J connectivity index is 1.63. The largest absolute Gasteiger partial charge is 0.406 e. The smallest absolute Gasteiger partial charge is 0.331 e. The van der Waals surface area contributed by atoms with Crippen molar-refractivity contribution in [1.29, 1.82) is 0 Å². The van der Waals surface area contributed by atoms with Gasteiger partial charge in [-0.25, -0.2) is 23.4 Å². The molecule has 1 aromatic carbocycles. The molecule has 40 heavy (non-hydrogen) atoms. The van der Waals surface area contributed by atoms with Crippen molar-refractivity contribution in [2.75, 3.05) is 26.0 Å². The van der Waals surface area contributed by atoms with Gasteiger partial charge in [-0.2, -0.15) is 13.2 Å². The van der Waals surface area contributed by atoms with Gasteiger partial charge in [-0.1, -0.05) is 12.1 Å². The number of piperidine rings is 1. The van der Waals surface area contributed by atoms with E-state index in [4.69, 9.17) is 17.8 Å². The zero-order valence-electron chi connectivity index (χ0n) is 32.9. The fourth-order valence-electron chi connectivity index (χ4n) is 4.13. The molecule has 14 heteroatoms. The Hall–Kier alpha value is -3.97. The number of carbonyl (C=O) groups excluding carboxylic acids is 2. The number of amides is 3. The van der Waals surface area contributed by atoms with Crippen molar-refractivity contribution in [2.45, 2.75) is 49.7 Å². The van der Waals surface area contributed by atoms with Crippen LogP contribution in [0.15, 0.2) is 41.3 Å². The number of likely N-dealkylation sites (tertiary alicyclic amines) is 2. The Morgan fingerprint density at radius 2 is 1.93 bits per heavy atom. The van der Waals surface area contributed by atoms with Crippen molar-refractivity contribution in [3.8, 4) is 0 Å². The van der Waals surface area contributed by atoms with Crippen molar-refractivity contribution in [3.63, 3.8) is 0 Å². The van der Waals surface area contributed by atoms with E-state index >= 15 is 0 Å². The molecule has 2 aromatic heterocycles. The van der Waals surface area contributed by atoms with Gasteiger partial charge >= 0.3 is 17.9 Å². The first-order valence-corrected chi connectivity index (χ1v) is 11.5. The van der Waals surface area contributed by atoms with Crippen LogP contribution >= 0.6 is 0 Å². The molecule has 0 radical (unpaired) electrons. The van der Waals surface area contributed by atoms with Gasteiger partial charge in [0.1, 0.15) is 12.5 Å². The zero-order chi connectivity index (χ0) is 40.3. The van der Waals surface area contributed by atoms with Gasteiger partial charge in [0.25, 0.3) is 0 Å². The Bertz CT molecular complexity index is 2020. The van der Waals surface area contributed by atoms with Crippen molar-refractivity contribution in [1.82, 2.24) is 29.7 Å². The zero-order valence-corrected chi connectivity index (χ0v) is 19.9. The SMILES string of the molecule is [2H]C1([2H])[C@H](c2cccc(F)c2F)CC[C@@H](NC(=O)N2C([2H])([2H])C([2H])([2H])C([2H])(n3c(=O)[nH]c4ncccc43)C([2H])([2H])C2([2H])[2H])C(=O)N1C([2H])([2H])C(F)(F)F. The Labute approximate surface area is 243 Å². The number of hydrogen-bond donors (Lipinski definition) is 2. The molecule has 3 amide bonds. The van der Waals surface area contributed by atoms with E-state index in [0.29, 0.717) is 6.07 Å². The minimum atomic E-state index is -6.07. The highest BCUT2D eigenvalue weighted by molar-refractivity contribution is 5.87. The number of pyridine rings is 1. The Kier molecular flexibility index (Phi) is 4.28. The maximum absolute atomic E-state index is 14.9. The molecule has 3 aromatic rings. The first-order valence-electron chi connectivity index (χ1n) is 18.0. The van der Waals surface area contributed by atoms with Crippen LogP contribution in [-0.4, -0.2) is 74.5 Å². The lowest BCUT2D eigenvalue weighted by Gasteiger charge is -2.34. The van der Waals surface area contributed by atoms with Gasteiger partial charge in [0.05, 0.1) is 12.4 Å². The number of rotatable bonds is 4. The van der Waals surface area contributed by atoms with E-state index in [-0.39, 0.29) is 10.2 Å². The Morgan fingerprint density at radius 3 is 2.65 bits per heavy atom. The van der Waals surface area contributed by atoms with Crippen LogP contribution in [0.25, 0.3) is 11.2 Å². The molecular weight excluding hydrogens is 539 g/mol. The molecule has 2 atom stereocenters. The van der Waals surface area contributed by atoms with E-state index in [1.54, 1.807) is 5.32 Å². The highest BCUT2D eigenvalue weighted by atomic mass is 19.4. The number of hydrogen-bond acceptors (Lipinski definition) is 4. The Morgan fingerprint density at radius 1 is 1.18 bits per heavy atom. The van der Waals surface area contributed by atoms with Crippen LogP contribution < -0.4 is 11.0 Å². The first-order chi connectivity index (χ1) is 24.0. The number of benzene rings is 1. The van der Waals surface area contributed by atoms with Crippen LogP contribution in [0.5, 0.6) is 0 Å². The predicted octanol–water partition coefficient (Wildman–Crippen LogP) is 3.69. The average molecular weight is 580 g/mol. The van der Waals surface area contributed by atoms with Gasteiger partial charge < -0.3 is 15.1 Å². The third-order valence-electron chi connectivity index (χ3n) is 5.90. The monoisotopic (exact) mass is 579 g/mol. The normalized spacial score (nSPS) is 33.3. The van der Waals surface area contributed by atoms with Gasteiger partial charge in [-0.3, -0.25) is 14.3 Å². The predicted molar refractivity (Wildman–Crippen MR) is 133 cm³/mol. The summed E-state index contributed by atoms with van der Waals surface area (Å²) in [6.07, 6.45) is -15.1. The minimum Gasteiger partial charge on any atom is -0.331 e. The number of alkyl halides is 3. The topological polar surface area (TPSA) is 103 Å². The second-order valence-corrected chi connectivity index (χ2v) is 8.48. The van der Waals surface area contributed by atoms with E-state index in [9.17, 15) is 36.3 Å². The van der Waals surface area contributed by atoms with Crippen molar-refractivity contribution < 1.29 is 49.4 Å². The molecule has 2 fully saturated rings. The molecular formula is C26H27F5N6O3. The maximum Gasteiger partial charge on any atom is 0.406 e. The summed E-state index contributed by atoms with van der Waals surface area (Å²) in [6, 6.07) is -4.29. The summed E-state index contributed by atoms with van der Waals surface area (Å²) >= 11 is 0. The van der Waals surface area contributed by atoms with E-state index < -0.39 is 126 Å². The summed E-state index contributed by atoms with van der Waals surface area (Å²) in [5, 5.41) is 1.63. The van der Waals surface area contributed by atoms with Crippen molar-refractivity contribution in [3.05, 3.63) is 64.2 Å². The van der Waals surface area contributed by atoms with Crippen LogP contribution in [0.3, 0.4) is 0 Å². The molecule has 2 saturated heterocycles. The second kappa shape index (κ2) is 10.9. The van der Waals surface area contributed by atoms with E-state index in [2.05, 4.69) is 9.97 Å². The first kappa shape index (κ1) is 15.7. The number of halogens is 5. The van der Waals surface area contributed by atoms with Gasteiger partial charge in [0.15, 0.2) is 17.3 Å². The van der Waals surface area contributed by atoms with E-state index in [1.807, 2.05) is 0 Å². The lowest BCUT2D eigenvalue weighted by Crippen LogP contribution is -2.54. The molecule has 2 aliphatic rings. The lowest BCUT2D eigenvalue weighted by molar-refractivity contribution is -0.162. The quantitative estimate of drug-likeness (QED) is 0.461. The number of H-pyrrole nitrogens is 1. The fraction of sp³-hybridized carbons (Fsp3) is 0.462. The molecule has 0 saturated carbocycles. The molecule has 4 heterocycles. The molecule has 2 N–H and O–H groups in total. The summed E-state index contributed by atoms with van der Waals surface area (Å²) in [5.41, 5.74) is -3.19. The van der Waals surface area contributed by atoms with Crippen LogP contribution in [0.4, 0.5) is 26.7 Å². The molecule has 2 aliphatic heterocycles. The molecule has 0 bridgehead atoms. The lowest BCUT2D eigenvalue weighted by atomic mass is 9.93. The van der Waals surface area contributed by atoms with Crippen LogP contribution in [-0.2, 0) is 4.79 Å². The average Bonchev–Trinajstić information content (AvgIpc) is 3.31. The summed E-state index contributed by atoms with van der Waals surface area (Å²) in [5.74, 6) is -7.81. The highest BCUT2D eigenvalue weighted by Gasteiger charge is 2.40. The third kappa shape index (κ3) is 5.65. The number of carbonyl (C=O) groups is 2. The van der Waals surface area contributed by atoms with Gasteiger partial charge in [-0.05, 0) is 49.4 Å². The summed E-state index contributed by atoms with van der Waals surface area (Å²) in [7, 11) is 0. The van der Waals surface area contributed by atoms with Crippen LogP contribution in [0, 0.1) is 11.6 Å². The van der Waals surface area contributed by atoms with Crippen LogP contribution in [0.2, 0.25) is 0 Å². The number of aromatic amines is 1. The van der Waals surface area contributed by atoms with E-state index in [1.165, 1.54) is 6.07 Å². The number of fused-ring (bicyclic) bond motifs is 1. The molecule has 0 spiro atoms. The number of imidazole rings is 1. The molecule has 214 valence electrons. The summed E-state index contributed by atoms with van der Waals surface area (Å²) < 4.78 is 182. The third-order valence-corrected chi connectivity index (χ3v) is 5.90. The van der Waals surface area contributed by atoms with Crippen molar-refractivity contribution in [2.24, 2.45) is 0 Å². The molecule has 0 unspecified atom stereocenters. The number of aromatic nitrogens is 3.